The number of rotatable bonds is 4. The monoisotopic (exact) mass is 352 g/mol. The first-order valence-corrected chi connectivity index (χ1v) is 9.66. The molecule has 1 aromatic carbocycles. The highest BCUT2D eigenvalue weighted by molar-refractivity contribution is 7.98. The van der Waals surface area contributed by atoms with Gasteiger partial charge in [-0.05, 0) is 36.8 Å². The number of aryl methyl sites for hydroxylation is 1. The molecule has 0 N–H and O–H groups in total. The molecule has 0 unspecified atom stereocenters. The second-order valence-corrected chi connectivity index (χ2v) is 7.04. The highest BCUT2D eigenvalue weighted by atomic mass is 32.2. The molecule has 5 nitrogen and oxygen atoms in total. The van der Waals surface area contributed by atoms with E-state index in [0.29, 0.717) is 6.42 Å². The summed E-state index contributed by atoms with van der Waals surface area (Å²) in [5.74, 6) is 0. The fourth-order valence-corrected chi connectivity index (χ4v) is 3.84. The maximum atomic E-state index is 13.0. The van der Waals surface area contributed by atoms with E-state index in [2.05, 4.69) is 33.7 Å². The lowest BCUT2D eigenvalue weighted by Crippen LogP contribution is -2.19. The third-order valence-electron chi connectivity index (χ3n) is 4.75. The van der Waals surface area contributed by atoms with Crippen molar-refractivity contribution >= 4 is 11.8 Å². The van der Waals surface area contributed by atoms with Gasteiger partial charge >= 0.3 is 0 Å². The maximum absolute atomic E-state index is 13.0. The van der Waals surface area contributed by atoms with E-state index < -0.39 is 0 Å². The van der Waals surface area contributed by atoms with Crippen LogP contribution in [0, 0.1) is 6.92 Å². The van der Waals surface area contributed by atoms with Crippen LogP contribution >= 0.6 is 11.8 Å². The topological polar surface area (TPSA) is 52.7 Å². The third kappa shape index (κ3) is 2.80. The van der Waals surface area contributed by atoms with Crippen LogP contribution in [0.2, 0.25) is 0 Å². The molecule has 4 rings (SSSR count). The molecule has 25 heavy (non-hydrogen) atoms. The zero-order valence-corrected chi connectivity index (χ0v) is 15.2. The number of hydrogen-bond acceptors (Lipinski definition) is 4. The Morgan fingerprint density at radius 1 is 1.16 bits per heavy atom. The molecule has 0 aliphatic carbocycles. The van der Waals surface area contributed by atoms with Crippen LogP contribution in [0.5, 0.6) is 0 Å². The van der Waals surface area contributed by atoms with Crippen molar-refractivity contribution in [1.29, 1.82) is 0 Å². The molecule has 1 aliphatic heterocycles. The Morgan fingerprint density at radius 2 is 1.96 bits per heavy atom. The van der Waals surface area contributed by atoms with Crippen LogP contribution in [0.1, 0.15) is 23.1 Å². The van der Waals surface area contributed by atoms with Gasteiger partial charge in [-0.15, -0.1) is 0 Å². The van der Waals surface area contributed by atoms with Gasteiger partial charge < -0.3 is 0 Å². The lowest BCUT2D eigenvalue weighted by atomic mass is 10.00. The van der Waals surface area contributed by atoms with Gasteiger partial charge in [0.15, 0.2) is 5.16 Å². The van der Waals surface area contributed by atoms with E-state index in [1.54, 1.807) is 6.20 Å². The predicted octanol–water partition coefficient (Wildman–Crippen LogP) is 3.13. The molecule has 0 fully saturated rings. The van der Waals surface area contributed by atoms with Crippen molar-refractivity contribution in [2.45, 2.75) is 38.0 Å². The van der Waals surface area contributed by atoms with E-state index in [1.807, 2.05) is 29.1 Å². The number of aromatic nitrogens is 4. The molecule has 1 aliphatic rings. The molecule has 128 valence electrons. The quantitative estimate of drug-likeness (QED) is 0.535. The molecule has 0 spiro atoms. The van der Waals surface area contributed by atoms with E-state index in [1.165, 1.54) is 22.9 Å². The van der Waals surface area contributed by atoms with Gasteiger partial charge in [0, 0.05) is 25.7 Å². The van der Waals surface area contributed by atoms with E-state index in [0.717, 1.165) is 41.6 Å². The Labute approximate surface area is 150 Å². The largest absolute Gasteiger partial charge is 0.280 e. The van der Waals surface area contributed by atoms with Crippen molar-refractivity contribution in [3.63, 3.8) is 0 Å². The van der Waals surface area contributed by atoms with E-state index in [9.17, 15) is 4.79 Å². The smallest absolute Gasteiger partial charge is 0.270 e. The Morgan fingerprint density at radius 3 is 2.76 bits per heavy atom. The van der Waals surface area contributed by atoms with Crippen molar-refractivity contribution in [1.82, 2.24) is 19.3 Å². The van der Waals surface area contributed by atoms with Crippen LogP contribution in [-0.4, -0.2) is 25.6 Å². The average Bonchev–Trinajstić information content (AvgIpc) is 3.20. The fraction of sp³-hybridized carbons (Fsp3) is 0.316. The number of hydrogen-bond donors (Lipinski definition) is 0. The van der Waals surface area contributed by atoms with Crippen LogP contribution in [-0.2, 0) is 19.5 Å². The summed E-state index contributed by atoms with van der Waals surface area (Å²) < 4.78 is 3.96. The van der Waals surface area contributed by atoms with Crippen LogP contribution < -0.4 is 5.56 Å². The van der Waals surface area contributed by atoms with E-state index in [4.69, 9.17) is 0 Å². The van der Waals surface area contributed by atoms with Gasteiger partial charge in [-0.1, -0.05) is 36.0 Å². The van der Waals surface area contributed by atoms with Gasteiger partial charge in [0.25, 0.3) is 5.56 Å². The highest BCUT2D eigenvalue weighted by Gasteiger charge is 2.25. The van der Waals surface area contributed by atoms with Crippen molar-refractivity contribution in [3.8, 4) is 11.4 Å². The molecule has 3 heterocycles. The van der Waals surface area contributed by atoms with Crippen molar-refractivity contribution in [3.05, 3.63) is 63.6 Å². The van der Waals surface area contributed by atoms with Gasteiger partial charge in [-0.25, -0.2) is 14.6 Å². The van der Waals surface area contributed by atoms with Gasteiger partial charge in [-0.2, -0.15) is 0 Å². The number of nitrogens with zero attached hydrogens (tertiary/aromatic N) is 4. The summed E-state index contributed by atoms with van der Waals surface area (Å²) in [4.78, 5) is 21.9. The van der Waals surface area contributed by atoms with E-state index in [-0.39, 0.29) is 5.56 Å². The SMILES string of the molecule is CSc1nccc(-c2c(Cc3ccccc3C)c(=O)n3n2CCC3)n1. The first-order valence-electron chi connectivity index (χ1n) is 8.43. The molecule has 0 radical (unpaired) electrons. The van der Waals surface area contributed by atoms with E-state index >= 15 is 0 Å². The third-order valence-corrected chi connectivity index (χ3v) is 5.32. The van der Waals surface area contributed by atoms with Crippen molar-refractivity contribution < 1.29 is 0 Å². The molecule has 0 atom stereocenters. The summed E-state index contributed by atoms with van der Waals surface area (Å²) in [5.41, 5.74) is 5.12. The first-order chi connectivity index (χ1) is 12.2. The Hall–Kier alpha value is -2.34. The number of fused-ring (bicyclic) bond motifs is 1. The summed E-state index contributed by atoms with van der Waals surface area (Å²) in [5, 5.41) is 0.727. The minimum absolute atomic E-state index is 0.111. The molecular weight excluding hydrogens is 332 g/mol. The Kier molecular flexibility index (Phi) is 4.21. The second kappa shape index (κ2) is 6.52. The Balaban J connectivity index is 1.89. The van der Waals surface area contributed by atoms with Crippen molar-refractivity contribution in [2.75, 3.05) is 6.26 Å². The van der Waals surface area contributed by atoms with Crippen LogP contribution in [0.15, 0.2) is 46.5 Å². The standard InChI is InChI=1S/C19H20N4OS/c1-13-6-3-4-7-14(13)12-15-17(16-8-9-20-19(21-16)25-2)22-10-5-11-23(22)18(15)24/h3-4,6-9H,5,10-12H2,1-2H3. The molecule has 0 amide bonds. The summed E-state index contributed by atoms with van der Waals surface area (Å²) >= 11 is 1.51. The normalized spacial score (nSPS) is 13.2. The predicted molar refractivity (Wildman–Crippen MR) is 100 cm³/mol. The fourth-order valence-electron chi connectivity index (χ4n) is 3.48. The van der Waals surface area contributed by atoms with Crippen molar-refractivity contribution in [2.24, 2.45) is 0 Å². The van der Waals surface area contributed by atoms with Gasteiger partial charge in [0.1, 0.15) is 0 Å². The first kappa shape index (κ1) is 16.1. The van der Waals surface area contributed by atoms with Crippen LogP contribution in [0.4, 0.5) is 0 Å². The lowest BCUT2D eigenvalue weighted by molar-refractivity contribution is 0.598. The summed E-state index contributed by atoms with van der Waals surface area (Å²) in [6.45, 7) is 3.73. The molecule has 3 aromatic rings. The number of thioether (sulfide) groups is 1. The van der Waals surface area contributed by atoms with Gasteiger partial charge in [0.05, 0.1) is 17.0 Å². The molecule has 0 saturated heterocycles. The van der Waals surface area contributed by atoms with Gasteiger partial charge in [-0.3, -0.25) is 9.48 Å². The number of benzene rings is 1. The minimum Gasteiger partial charge on any atom is -0.280 e. The van der Waals surface area contributed by atoms with Crippen LogP contribution in [0.3, 0.4) is 0 Å². The molecule has 0 bridgehead atoms. The second-order valence-electron chi connectivity index (χ2n) is 6.26. The van der Waals surface area contributed by atoms with Crippen LogP contribution in [0.25, 0.3) is 11.4 Å². The summed E-state index contributed by atoms with van der Waals surface area (Å²) in [6, 6.07) is 10.1. The zero-order valence-electron chi connectivity index (χ0n) is 14.4. The average molecular weight is 352 g/mol. The molecule has 6 heteroatoms. The molecule has 0 saturated carbocycles. The van der Waals surface area contributed by atoms with Gasteiger partial charge in [0.2, 0.25) is 0 Å². The maximum Gasteiger partial charge on any atom is 0.270 e. The Bertz CT molecular complexity index is 989. The lowest BCUT2D eigenvalue weighted by Gasteiger charge is -2.09. The molecule has 2 aromatic heterocycles. The summed E-state index contributed by atoms with van der Waals surface area (Å²) in [7, 11) is 0. The summed E-state index contributed by atoms with van der Waals surface area (Å²) in [6.07, 6.45) is 5.36. The molecular formula is C19H20N4OS. The minimum atomic E-state index is 0.111. The highest BCUT2D eigenvalue weighted by Crippen LogP contribution is 2.27. The zero-order chi connectivity index (χ0) is 17.4.